The summed E-state index contributed by atoms with van der Waals surface area (Å²) in [6.45, 7) is 7.94. The molecule has 0 radical (unpaired) electrons. The molecule has 2 rings (SSSR count). The van der Waals surface area contributed by atoms with Crippen LogP contribution in [0.2, 0.25) is 0 Å². The molecule has 0 amide bonds. The van der Waals surface area contributed by atoms with Gasteiger partial charge in [0.15, 0.2) is 0 Å². The lowest BCUT2D eigenvalue weighted by atomic mass is 9.74. The van der Waals surface area contributed by atoms with Crippen LogP contribution in [-0.4, -0.2) is 35.2 Å². The van der Waals surface area contributed by atoms with Gasteiger partial charge in [0.2, 0.25) is 0 Å². The summed E-state index contributed by atoms with van der Waals surface area (Å²) in [7, 11) is -1.37. The van der Waals surface area contributed by atoms with Crippen molar-refractivity contribution >= 4 is 12.6 Å². The van der Waals surface area contributed by atoms with Gasteiger partial charge < -0.3 is 10.0 Å². The van der Waals surface area contributed by atoms with Crippen molar-refractivity contribution in [3.05, 3.63) is 29.8 Å². The molecule has 1 aliphatic rings. The molecule has 0 aliphatic carbocycles. The largest absolute Gasteiger partial charge is 0.488 e. The summed E-state index contributed by atoms with van der Waals surface area (Å²) in [5.74, 6) is 0. The molecular weight excluding hydrogens is 249 g/mol. The number of piperidine rings is 1. The lowest BCUT2D eigenvalue weighted by Gasteiger charge is -2.41. The summed E-state index contributed by atoms with van der Waals surface area (Å²) in [6, 6.07) is 7.59. The zero-order valence-corrected chi connectivity index (χ0v) is 12.7. The van der Waals surface area contributed by atoms with Gasteiger partial charge in [0.25, 0.3) is 0 Å². The maximum absolute atomic E-state index is 9.09. The average molecular weight is 275 g/mol. The second kappa shape index (κ2) is 6.75. The third kappa shape index (κ3) is 3.63. The van der Waals surface area contributed by atoms with Gasteiger partial charge in [-0.25, -0.2) is 0 Å². The fourth-order valence-electron chi connectivity index (χ4n) is 3.20. The van der Waals surface area contributed by atoms with Crippen molar-refractivity contribution in [1.29, 1.82) is 0 Å². The van der Waals surface area contributed by atoms with Crippen molar-refractivity contribution in [1.82, 2.24) is 4.90 Å². The first-order valence-corrected chi connectivity index (χ1v) is 7.76. The molecule has 1 saturated heterocycles. The molecule has 0 bridgehead atoms. The van der Waals surface area contributed by atoms with E-state index in [1.54, 1.807) is 12.1 Å². The van der Waals surface area contributed by atoms with Gasteiger partial charge in [-0.2, -0.15) is 0 Å². The fraction of sp³-hybridized carbons (Fsp3) is 0.625. The minimum absolute atomic E-state index is 0.559. The number of nitrogens with zero attached hydrogens (tertiary/aromatic N) is 1. The molecule has 2 N–H and O–H groups in total. The Hall–Kier alpha value is -0.835. The lowest BCUT2D eigenvalue weighted by Crippen LogP contribution is -2.39. The quantitative estimate of drug-likeness (QED) is 0.805. The first-order valence-electron chi connectivity index (χ1n) is 7.76. The highest BCUT2D eigenvalue weighted by Gasteiger charge is 2.30. The van der Waals surface area contributed by atoms with Crippen LogP contribution in [0.1, 0.15) is 45.1 Å². The highest BCUT2D eigenvalue weighted by molar-refractivity contribution is 6.58. The fourth-order valence-corrected chi connectivity index (χ4v) is 3.20. The van der Waals surface area contributed by atoms with Crippen molar-refractivity contribution in [2.45, 2.75) is 46.1 Å². The van der Waals surface area contributed by atoms with Crippen LogP contribution in [0.3, 0.4) is 0 Å². The van der Waals surface area contributed by atoms with E-state index in [0.717, 1.165) is 6.54 Å². The van der Waals surface area contributed by atoms with Gasteiger partial charge in [-0.15, -0.1) is 0 Å². The number of benzene rings is 1. The van der Waals surface area contributed by atoms with Gasteiger partial charge in [0.1, 0.15) is 0 Å². The molecule has 1 heterocycles. The molecule has 1 aromatic carbocycles. The Morgan fingerprint density at radius 2 is 1.60 bits per heavy atom. The van der Waals surface area contributed by atoms with E-state index in [2.05, 4.69) is 18.7 Å². The Kier molecular flexibility index (Phi) is 5.25. The Morgan fingerprint density at radius 1 is 1.05 bits per heavy atom. The molecule has 0 saturated carbocycles. The molecule has 0 unspecified atom stereocenters. The van der Waals surface area contributed by atoms with E-state index in [1.165, 1.54) is 44.3 Å². The summed E-state index contributed by atoms with van der Waals surface area (Å²) in [6.07, 6.45) is 5.18. The van der Waals surface area contributed by atoms with E-state index in [4.69, 9.17) is 10.0 Å². The summed E-state index contributed by atoms with van der Waals surface area (Å²) in [5.41, 5.74) is 2.37. The third-order valence-corrected chi connectivity index (χ3v) is 5.10. The SMILES string of the molecule is CCC1(CC)CCN(Cc2ccc(B(O)O)cc2)CC1. The van der Waals surface area contributed by atoms with E-state index in [9.17, 15) is 0 Å². The summed E-state index contributed by atoms with van der Waals surface area (Å²) < 4.78 is 0. The van der Waals surface area contributed by atoms with Crippen molar-refractivity contribution in [2.24, 2.45) is 5.41 Å². The van der Waals surface area contributed by atoms with Crippen LogP contribution in [0.5, 0.6) is 0 Å². The normalized spacial score (nSPS) is 19.0. The van der Waals surface area contributed by atoms with Crippen molar-refractivity contribution in [3.8, 4) is 0 Å². The molecule has 1 aliphatic heterocycles. The van der Waals surface area contributed by atoms with Gasteiger partial charge in [0, 0.05) is 6.54 Å². The van der Waals surface area contributed by atoms with Gasteiger partial charge in [-0.3, -0.25) is 4.90 Å². The maximum atomic E-state index is 9.09. The third-order valence-electron chi connectivity index (χ3n) is 5.10. The minimum Gasteiger partial charge on any atom is -0.423 e. The second-order valence-electron chi connectivity index (χ2n) is 6.10. The van der Waals surface area contributed by atoms with Gasteiger partial charge in [-0.1, -0.05) is 51.0 Å². The van der Waals surface area contributed by atoms with E-state index in [1.807, 2.05) is 12.1 Å². The van der Waals surface area contributed by atoms with Crippen LogP contribution in [0.25, 0.3) is 0 Å². The molecule has 0 aromatic heterocycles. The van der Waals surface area contributed by atoms with Crippen LogP contribution >= 0.6 is 0 Å². The molecule has 0 spiro atoms. The summed E-state index contributed by atoms with van der Waals surface area (Å²) in [4.78, 5) is 2.51. The predicted molar refractivity (Wildman–Crippen MR) is 83.8 cm³/mol. The van der Waals surface area contributed by atoms with E-state index in [0.29, 0.717) is 10.9 Å². The Morgan fingerprint density at radius 3 is 2.05 bits per heavy atom. The topological polar surface area (TPSA) is 43.7 Å². The van der Waals surface area contributed by atoms with E-state index >= 15 is 0 Å². The second-order valence-corrected chi connectivity index (χ2v) is 6.10. The average Bonchev–Trinajstić information content (AvgIpc) is 2.49. The van der Waals surface area contributed by atoms with Crippen LogP contribution in [0.15, 0.2) is 24.3 Å². The molecule has 20 heavy (non-hydrogen) atoms. The van der Waals surface area contributed by atoms with Crippen LogP contribution in [-0.2, 0) is 6.54 Å². The zero-order valence-electron chi connectivity index (χ0n) is 12.7. The first kappa shape index (κ1) is 15.6. The van der Waals surface area contributed by atoms with E-state index in [-0.39, 0.29) is 0 Å². The maximum Gasteiger partial charge on any atom is 0.488 e. The minimum atomic E-state index is -1.37. The van der Waals surface area contributed by atoms with Crippen LogP contribution in [0, 0.1) is 5.41 Å². The Bertz CT molecular complexity index is 405. The number of likely N-dealkylation sites (tertiary alicyclic amines) is 1. The number of hydrogen-bond donors (Lipinski definition) is 2. The summed E-state index contributed by atoms with van der Waals surface area (Å²) >= 11 is 0. The van der Waals surface area contributed by atoms with Crippen molar-refractivity contribution in [2.75, 3.05) is 13.1 Å². The standard InChI is InChI=1S/C16H26BNO2/c1-3-16(4-2)9-11-18(12-10-16)13-14-5-7-15(8-6-14)17(19)20/h5-8,19-20H,3-4,9-13H2,1-2H3. The van der Waals surface area contributed by atoms with Crippen LogP contribution in [0.4, 0.5) is 0 Å². The molecule has 3 nitrogen and oxygen atoms in total. The molecule has 1 aromatic rings. The molecule has 4 heteroatoms. The van der Waals surface area contributed by atoms with Crippen LogP contribution < -0.4 is 5.46 Å². The highest BCUT2D eigenvalue weighted by atomic mass is 16.4. The number of hydrogen-bond acceptors (Lipinski definition) is 3. The predicted octanol–water partition coefficient (Wildman–Crippen LogP) is 1.77. The smallest absolute Gasteiger partial charge is 0.423 e. The van der Waals surface area contributed by atoms with Gasteiger partial charge in [0.05, 0.1) is 0 Å². The molecule has 1 fully saturated rings. The van der Waals surface area contributed by atoms with Gasteiger partial charge in [-0.05, 0) is 42.4 Å². The Labute approximate surface area is 122 Å². The highest BCUT2D eigenvalue weighted by Crippen LogP contribution is 2.38. The zero-order chi connectivity index (χ0) is 14.6. The monoisotopic (exact) mass is 275 g/mol. The van der Waals surface area contributed by atoms with Crippen molar-refractivity contribution in [3.63, 3.8) is 0 Å². The summed E-state index contributed by atoms with van der Waals surface area (Å²) in [5, 5.41) is 18.2. The van der Waals surface area contributed by atoms with E-state index < -0.39 is 7.12 Å². The van der Waals surface area contributed by atoms with Gasteiger partial charge >= 0.3 is 7.12 Å². The molecule has 110 valence electrons. The van der Waals surface area contributed by atoms with Crippen molar-refractivity contribution < 1.29 is 10.0 Å². The lowest BCUT2D eigenvalue weighted by molar-refractivity contribution is 0.0909. The molecular formula is C16H26BNO2. The number of rotatable bonds is 5. The first-order chi connectivity index (χ1) is 9.58. The Balaban J connectivity index is 1.89. The molecule has 0 atom stereocenters.